The summed E-state index contributed by atoms with van der Waals surface area (Å²) in [5.41, 5.74) is 0.00922. The minimum absolute atomic E-state index is 0.00922. The van der Waals surface area contributed by atoms with Gasteiger partial charge in [-0.3, -0.25) is 4.79 Å². The van der Waals surface area contributed by atoms with Crippen molar-refractivity contribution in [2.75, 3.05) is 27.2 Å². The highest BCUT2D eigenvalue weighted by Crippen LogP contribution is 2.10. The minimum Gasteiger partial charge on any atom is -0.491 e. The molecular formula is C12H20N2O2. The van der Waals surface area contributed by atoms with Crippen molar-refractivity contribution in [1.82, 2.24) is 9.47 Å². The molecule has 1 aromatic rings. The molecule has 0 amide bonds. The Balaban J connectivity index is 2.68. The van der Waals surface area contributed by atoms with Crippen molar-refractivity contribution < 1.29 is 4.74 Å². The fourth-order valence-electron chi connectivity index (χ4n) is 1.32. The number of pyridine rings is 1. The van der Waals surface area contributed by atoms with Gasteiger partial charge >= 0.3 is 0 Å². The van der Waals surface area contributed by atoms with Crippen molar-refractivity contribution in [3.05, 3.63) is 28.7 Å². The molecule has 0 aromatic carbocycles. The number of hydrogen-bond acceptors (Lipinski definition) is 3. The molecule has 1 heterocycles. The predicted molar refractivity (Wildman–Crippen MR) is 65.1 cm³/mol. The molecule has 0 unspecified atom stereocenters. The number of rotatable bonds is 5. The van der Waals surface area contributed by atoms with Crippen LogP contribution in [0.5, 0.6) is 5.75 Å². The van der Waals surface area contributed by atoms with E-state index in [1.54, 1.807) is 22.9 Å². The van der Waals surface area contributed by atoms with Crippen LogP contribution < -0.4 is 10.3 Å². The lowest BCUT2D eigenvalue weighted by molar-refractivity contribution is 0.259. The number of aromatic nitrogens is 1. The van der Waals surface area contributed by atoms with E-state index in [9.17, 15) is 4.79 Å². The Morgan fingerprint density at radius 1 is 1.38 bits per heavy atom. The van der Waals surface area contributed by atoms with Crippen molar-refractivity contribution in [2.45, 2.75) is 19.9 Å². The quantitative estimate of drug-likeness (QED) is 0.757. The molecule has 0 N–H and O–H groups in total. The molecule has 0 bridgehead atoms. The third-order valence-corrected chi connectivity index (χ3v) is 2.27. The molecule has 0 aliphatic heterocycles. The van der Waals surface area contributed by atoms with Gasteiger partial charge in [0.15, 0.2) is 0 Å². The summed E-state index contributed by atoms with van der Waals surface area (Å²) in [6.45, 7) is 5.44. The second-order valence-corrected chi connectivity index (χ2v) is 4.36. The summed E-state index contributed by atoms with van der Waals surface area (Å²) in [6, 6.07) is 3.42. The van der Waals surface area contributed by atoms with E-state index in [2.05, 4.69) is 4.90 Å². The molecule has 4 nitrogen and oxygen atoms in total. The number of ether oxygens (including phenoxy) is 1. The second kappa shape index (κ2) is 5.70. The molecule has 90 valence electrons. The molecule has 0 radical (unpaired) electrons. The smallest absolute Gasteiger partial charge is 0.251 e. The minimum atomic E-state index is 0.00922. The molecule has 0 aliphatic rings. The Kier molecular flexibility index (Phi) is 4.55. The summed E-state index contributed by atoms with van der Waals surface area (Å²) >= 11 is 0. The first-order chi connectivity index (χ1) is 7.50. The van der Waals surface area contributed by atoms with Gasteiger partial charge in [0, 0.05) is 24.8 Å². The lowest BCUT2D eigenvalue weighted by atomic mass is 10.3. The normalized spacial score (nSPS) is 11.1. The summed E-state index contributed by atoms with van der Waals surface area (Å²) in [5, 5.41) is 0. The van der Waals surface area contributed by atoms with Crippen LogP contribution in [0.25, 0.3) is 0 Å². The highest BCUT2D eigenvalue weighted by atomic mass is 16.5. The van der Waals surface area contributed by atoms with Gasteiger partial charge in [-0.2, -0.15) is 0 Å². The molecular weight excluding hydrogens is 204 g/mol. The summed E-state index contributed by atoms with van der Waals surface area (Å²) < 4.78 is 7.23. The Labute approximate surface area is 96.5 Å². The molecule has 0 aliphatic carbocycles. The van der Waals surface area contributed by atoms with Crippen LogP contribution in [0.3, 0.4) is 0 Å². The topological polar surface area (TPSA) is 34.5 Å². The number of nitrogens with zero attached hydrogens (tertiary/aromatic N) is 2. The Morgan fingerprint density at radius 3 is 2.62 bits per heavy atom. The lowest BCUT2D eigenvalue weighted by Crippen LogP contribution is -2.22. The number of likely N-dealkylation sites (N-methyl/N-ethyl adjacent to an activating group) is 1. The van der Waals surface area contributed by atoms with Crippen molar-refractivity contribution in [3.63, 3.8) is 0 Å². The Hall–Kier alpha value is -1.29. The molecule has 0 fully saturated rings. The zero-order valence-electron chi connectivity index (χ0n) is 10.4. The van der Waals surface area contributed by atoms with E-state index in [0.717, 1.165) is 12.3 Å². The van der Waals surface area contributed by atoms with Crippen molar-refractivity contribution in [2.24, 2.45) is 0 Å². The monoisotopic (exact) mass is 224 g/mol. The third-order valence-electron chi connectivity index (χ3n) is 2.27. The highest BCUT2D eigenvalue weighted by molar-refractivity contribution is 5.17. The summed E-state index contributed by atoms with van der Waals surface area (Å²) in [6.07, 6.45) is 1.77. The molecule has 0 saturated heterocycles. The largest absolute Gasteiger partial charge is 0.491 e. The maximum Gasteiger partial charge on any atom is 0.251 e. The van der Waals surface area contributed by atoms with E-state index >= 15 is 0 Å². The fraction of sp³-hybridized carbons (Fsp3) is 0.583. The molecule has 0 saturated carbocycles. The van der Waals surface area contributed by atoms with Crippen molar-refractivity contribution in [3.8, 4) is 5.75 Å². The Bertz CT molecular complexity index is 383. The van der Waals surface area contributed by atoms with Gasteiger partial charge in [-0.1, -0.05) is 0 Å². The first kappa shape index (κ1) is 12.8. The molecule has 1 aromatic heterocycles. The molecule has 0 spiro atoms. The highest BCUT2D eigenvalue weighted by Gasteiger charge is 2.02. The van der Waals surface area contributed by atoms with E-state index in [1.807, 2.05) is 27.9 Å². The van der Waals surface area contributed by atoms with Gasteiger partial charge in [0.2, 0.25) is 0 Å². The zero-order valence-corrected chi connectivity index (χ0v) is 10.4. The standard InChI is InChI=1S/C12H20N2O2/c1-10(2)14-9-11(5-6-12(14)15)16-8-7-13(3)4/h5-6,9-10H,7-8H2,1-4H3. The SMILES string of the molecule is CC(C)n1cc(OCCN(C)C)ccc1=O. The van der Waals surface area contributed by atoms with Gasteiger partial charge in [0.05, 0.1) is 0 Å². The maximum atomic E-state index is 11.5. The summed E-state index contributed by atoms with van der Waals surface area (Å²) in [5.74, 6) is 0.746. The molecule has 4 heteroatoms. The Morgan fingerprint density at radius 2 is 2.06 bits per heavy atom. The van der Waals surface area contributed by atoms with Crippen molar-refractivity contribution in [1.29, 1.82) is 0 Å². The maximum absolute atomic E-state index is 11.5. The van der Waals surface area contributed by atoms with E-state index in [0.29, 0.717) is 6.61 Å². The third kappa shape index (κ3) is 3.70. The van der Waals surface area contributed by atoms with Gasteiger partial charge < -0.3 is 14.2 Å². The predicted octanol–water partition coefficient (Wildman–Crippen LogP) is 1.37. The summed E-state index contributed by atoms with van der Waals surface area (Å²) in [4.78, 5) is 13.5. The fourth-order valence-corrected chi connectivity index (χ4v) is 1.32. The lowest BCUT2D eigenvalue weighted by Gasteiger charge is -2.14. The molecule has 1 rings (SSSR count). The van der Waals surface area contributed by atoms with Crippen LogP contribution >= 0.6 is 0 Å². The van der Waals surface area contributed by atoms with Gasteiger partial charge in [0.25, 0.3) is 5.56 Å². The van der Waals surface area contributed by atoms with Crippen LogP contribution in [0.2, 0.25) is 0 Å². The number of hydrogen-bond donors (Lipinski definition) is 0. The van der Waals surface area contributed by atoms with Crippen LogP contribution in [0, 0.1) is 0 Å². The van der Waals surface area contributed by atoms with Crippen LogP contribution in [0.15, 0.2) is 23.1 Å². The van der Waals surface area contributed by atoms with Gasteiger partial charge in [-0.15, -0.1) is 0 Å². The molecule has 0 atom stereocenters. The van der Waals surface area contributed by atoms with Crippen LogP contribution in [0.1, 0.15) is 19.9 Å². The van der Waals surface area contributed by atoms with Crippen molar-refractivity contribution >= 4 is 0 Å². The first-order valence-corrected chi connectivity index (χ1v) is 5.50. The average molecular weight is 224 g/mol. The van der Waals surface area contributed by atoms with Gasteiger partial charge in [0.1, 0.15) is 12.4 Å². The van der Waals surface area contributed by atoms with Crippen LogP contribution in [-0.2, 0) is 0 Å². The second-order valence-electron chi connectivity index (χ2n) is 4.36. The van der Waals surface area contributed by atoms with E-state index in [-0.39, 0.29) is 11.6 Å². The van der Waals surface area contributed by atoms with E-state index in [4.69, 9.17) is 4.74 Å². The van der Waals surface area contributed by atoms with E-state index < -0.39 is 0 Å². The average Bonchev–Trinajstić information content (AvgIpc) is 2.19. The van der Waals surface area contributed by atoms with Crippen LogP contribution in [0.4, 0.5) is 0 Å². The van der Waals surface area contributed by atoms with Gasteiger partial charge in [-0.25, -0.2) is 0 Å². The van der Waals surface area contributed by atoms with Gasteiger partial charge in [-0.05, 0) is 34.0 Å². The van der Waals surface area contributed by atoms with E-state index in [1.165, 1.54) is 0 Å². The summed E-state index contributed by atoms with van der Waals surface area (Å²) in [7, 11) is 4.00. The zero-order chi connectivity index (χ0) is 12.1. The molecule has 16 heavy (non-hydrogen) atoms. The van der Waals surface area contributed by atoms with Crippen LogP contribution in [-0.4, -0.2) is 36.7 Å². The first-order valence-electron chi connectivity index (χ1n) is 5.50.